The first-order valence-corrected chi connectivity index (χ1v) is 15.5. The Labute approximate surface area is 261 Å². The van der Waals surface area contributed by atoms with Gasteiger partial charge in [0.2, 0.25) is 0 Å². The largest absolute Gasteiger partial charge is 0.126 e. The van der Waals surface area contributed by atoms with Gasteiger partial charge in [-0.3, -0.25) is 6.08 Å². The molecule has 9 rings (SSSR count). The molecule has 0 aromatic heterocycles. The Hall–Kier alpha value is -1.66. The summed E-state index contributed by atoms with van der Waals surface area (Å²) < 4.78 is 2.25. The van der Waals surface area contributed by atoms with Gasteiger partial charge >= 0.3 is 70.3 Å². The Kier molecular flexibility index (Phi) is 10.7. The molecule has 4 fully saturated rings. The molecule has 4 aromatic carbocycles. The van der Waals surface area contributed by atoms with Crippen LogP contribution in [-0.4, -0.2) is 3.71 Å². The molecule has 0 amide bonds. The number of rotatable bonds is 3. The maximum atomic E-state index is 3.62. The fourth-order valence-corrected chi connectivity index (χ4v) is 8.42. The average Bonchev–Trinajstić information content (AvgIpc) is 3.59. The van der Waals surface area contributed by atoms with Crippen molar-refractivity contribution in [3.8, 4) is 0 Å². The van der Waals surface area contributed by atoms with Crippen LogP contribution in [-0.2, 0) is 30.7 Å². The monoisotopic (exact) mass is 628 g/mol. The summed E-state index contributed by atoms with van der Waals surface area (Å²) in [6, 6.07) is 29.8. The van der Waals surface area contributed by atoms with E-state index in [2.05, 4.69) is 101 Å². The molecule has 4 saturated carbocycles. The number of halogens is 2. The Morgan fingerprint density at radius 1 is 0.744 bits per heavy atom. The third-order valence-electron chi connectivity index (χ3n) is 9.01. The number of benzene rings is 3. The summed E-state index contributed by atoms with van der Waals surface area (Å²) >= 11 is 1.51. The standard InChI is InChI=1S/C15H19.C13H9.C8H8.2ClH.Zr/c1-2-4-14(3-1)15-8-11-5-12(9-15)7-13(6-11)10-15;1-3-7-12-10(5-1)9-11-6-2-4-8-13(11)12;1-2-8-6-4-3-5-7-8;;;/h1,3,11-13H,2,5-10H2;1-9H;1,3-7H,2H2;2*1H;/q2*-1;;;;+2/p-2. The van der Waals surface area contributed by atoms with Gasteiger partial charge in [-0.2, -0.15) is 6.08 Å². The minimum Gasteiger partial charge on any atom is -0.126 e. The van der Waals surface area contributed by atoms with Crippen LogP contribution >= 0.6 is 0 Å². The molecule has 0 nitrogen and oxygen atoms in total. The Morgan fingerprint density at radius 2 is 1.26 bits per heavy atom. The summed E-state index contributed by atoms with van der Waals surface area (Å²) in [6.45, 7) is 0. The van der Waals surface area contributed by atoms with E-state index >= 15 is 0 Å². The molecule has 0 atom stereocenters. The van der Waals surface area contributed by atoms with Crippen LogP contribution < -0.4 is 24.8 Å². The fraction of sp³-hybridized carbons (Fsp3) is 0.333. The van der Waals surface area contributed by atoms with Crippen molar-refractivity contribution in [2.75, 3.05) is 0 Å². The van der Waals surface area contributed by atoms with Gasteiger partial charge in [-0.1, -0.05) is 36.4 Å². The second-order valence-electron chi connectivity index (χ2n) is 11.6. The molecule has 0 N–H and O–H groups in total. The van der Waals surface area contributed by atoms with Crippen molar-refractivity contribution in [1.82, 2.24) is 0 Å². The predicted molar refractivity (Wildman–Crippen MR) is 154 cm³/mol. The average molecular weight is 631 g/mol. The molecule has 4 bridgehead atoms. The summed E-state index contributed by atoms with van der Waals surface area (Å²) in [4.78, 5) is 0. The molecule has 0 unspecified atom stereocenters. The van der Waals surface area contributed by atoms with Gasteiger partial charge in [0.05, 0.1) is 0 Å². The fourth-order valence-electron chi connectivity index (χ4n) is 7.85. The Bertz CT molecular complexity index is 1340. The van der Waals surface area contributed by atoms with Crippen molar-refractivity contribution in [2.45, 2.75) is 51.4 Å². The van der Waals surface area contributed by atoms with Gasteiger partial charge in [0, 0.05) is 0 Å². The van der Waals surface area contributed by atoms with Gasteiger partial charge in [-0.15, -0.1) is 46.2 Å². The van der Waals surface area contributed by atoms with E-state index in [9.17, 15) is 0 Å². The normalized spacial score (nSPS) is 25.5. The van der Waals surface area contributed by atoms with Gasteiger partial charge < -0.3 is 24.8 Å². The number of fused-ring (bicyclic) bond motifs is 3. The topological polar surface area (TPSA) is 0 Å². The van der Waals surface area contributed by atoms with Crippen LogP contribution in [0.1, 0.15) is 50.5 Å². The van der Waals surface area contributed by atoms with Crippen LogP contribution in [0.4, 0.5) is 0 Å². The van der Waals surface area contributed by atoms with Crippen LogP contribution in [0.2, 0.25) is 0 Å². The van der Waals surface area contributed by atoms with E-state index in [1.807, 2.05) is 6.07 Å². The third kappa shape index (κ3) is 6.81. The van der Waals surface area contributed by atoms with Gasteiger partial charge in [0.1, 0.15) is 0 Å². The van der Waals surface area contributed by atoms with Crippen molar-refractivity contribution in [3.63, 3.8) is 0 Å². The van der Waals surface area contributed by atoms with Gasteiger partial charge in [0.15, 0.2) is 0 Å². The van der Waals surface area contributed by atoms with E-state index in [4.69, 9.17) is 0 Å². The molecular formula is C36H36Cl2Zr-2. The first kappa shape index (κ1) is 30.3. The molecule has 3 heteroatoms. The second-order valence-corrected chi connectivity index (χ2v) is 12.6. The minimum atomic E-state index is 0. The molecule has 0 radical (unpaired) electrons. The van der Waals surface area contributed by atoms with Crippen molar-refractivity contribution in [3.05, 3.63) is 114 Å². The van der Waals surface area contributed by atoms with E-state index in [1.165, 1.54) is 70.6 Å². The van der Waals surface area contributed by atoms with Crippen LogP contribution in [0.25, 0.3) is 21.5 Å². The molecule has 0 spiro atoms. The maximum absolute atomic E-state index is 3.62. The van der Waals surface area contributed by atoms with Gasteiger partial charge in [-0.25, -0.2) is 11.6 Å². The quantitative estimate of drug-likeness (QED) is 0.306. The summed E-state index contributed by atoms with van der Waals surface area (Å²) in [5.41, 5.74) is 3.61. The number of hydrogen-bond donors (Lipinski definition) is 0. The molecule has 0 saturated heterocycles. The minimum absolute atomic E-state index is 0. The van der Waals surface area contributed by atoms with E-state index in [1.54, 1.807) is 24.8 Å². The first-order chi connectivity index (χ1) is 18.2. The molecular weight excluding hydrogens is 595 g/mol. The summed E-state index contributed by atoms with van der Waals surface area (Å²) in [5.74, 6) is 3.21. The van der Waals surface area contributed by atoms with Crippen molar-refractivity contribution < 1.29 is 49.0 Å². The zero-order chi connectivity index (χ0) is 25.1. The number of hydrogen-bond acceptors (Lipinski definition) is 0. The summed E-state index contributed by atoms with van der Waals surface area (Å²) in [7, 11) is 0. The second kappa shape index (κ2) is 13.8. The Balaban J connectivity index is 0.000000137. The molecule has 39 heavy (non-hydrogen) atoms. The third-order valence-corrected chi connectivity index (χ3v) is 9.51. The summed E-state index contributed by atoms with van der Waals surface area (Å²) in [5, 5.41) is 5.39. The van der Waals surface area contributed by atoms with Crippen LogP contribution in [0, 0.1) is 29.2 Å². The maximum Gasteiger partial charge on any atom is -0.0771 e. The summed E-state index contributed by atoms with van der Waals surface area (Å²) in [6.07, 6.45) is 19.6. The predicted octanol–water partition coefficient (Wildman–Crippen LogP) is 3.19. The van der Waals surface area contributed by atoms with E-state index in [0.29, 0.717) is 5.41 Å². The molecule has 0 heterocycles. The zero-order valence-electron chi connectivity index (χ0n) is 22.5. The van der Waals surface area contributed by atoms with E-state index in [-0.39, 0.29) is 24.8 Å². The van der Waals surface area contributed by atoms with Crippen LogP contribution in [0.5, 0.6) is 0 Å². The van der Waals surface area contributed by atoms with Crippen molar-refractivity contribution in [2.24, 2.45) is 23.2 Å². The van der Waals surface area contributed by atoms with Gasteiger partial charge in [-0.05, 0) is 61.7 Å². The van der Waals surface area contributed by atoms with E-state index < -0.39 is 0 Å². The van der Waals surface area contributed by atoms with Crippen LogP contribution in [0.3, 0.4) is 0 Å². The Morgan fingerprint density at radius 3 is 1.74 bits per heavy atom. The van der Waals surface area contributed by atoms with Crippen molar-refractivity contribution >= 4 is 25.3 Å². The SMILES string of the molecule is [C-]1=C(C23CC4CC(CC(C4)C2)C3)C=CC1.[Cl-].[Cl-].[Zr+2]=[CH]Cc1ccccc1.c1ccc2c(c1)[cH-]c1ccccc12. The van der Waals surface area contributed by atoms with Crippen LogP contribution in [0.15, 0.2) is 103 Å². The molecule has 200 valence electrons. The van der Waals surface area contributed by atoms with E-state index in [0.717, 1.165) is 30.6 Å². The number of allylic oxidation sites excluding steroid dienone is 4. The molecule has 4 aromatic rings. The van der Waals surface area contributed by atoms with Gasteiger partial charge in [0.25, 0.3) is 0 Å². The molecule has 5 aliphatic rings. The molecule has 0 aliphatic heterocycles. The molecule has 5 aliphatic carbocycles. The zero-order valence-corrected chi connectivity index (χ0v) is 26.4. The smallest absolute Gasteiger partial charge is 0.0771 e. The van der Waals surface area contributed by atoms with Crippen molar-refractivity contribution in [1.29, 1.82) is 0 Å². The first-order valence-electron chi connectivity index (χ1n) is 14.1.